The molecule has 1 atom stereocenters. The molecule has 0 radical (unpaired) electrons. The van der Waals surface area contributed by atoms with Gasteiger partial charge in [0.1, 0.15) is 0 Å². The highest BCUT2D eigenvalue weighted by atomic mass is 16.5. The number of rotatable bonds is 5. The second-order valence-corrected chi connectivity index (χ2v) is 5.87. The summed E-state index contributed by atoms with van der Waals surface area (Å²) in [6.45, 7) is 5.32. The summed E-state index contributed by atoms with van der Waals surface area (Å²) < 4.78 is 5.63. The van der Waals surface area contributed by atoms with Crippen molar-refractivity contribution in [1.29, 1.82) is 0 Å². The third-order valence-corrected chi connectivity index (χ3v) is 3.95. The average molecular weight is 339 g/mol. The van der Waals surface area contributed by atoms with Crippen LogP contribution in [0.15, 0.2) is 42.5 Å². The van der Waals surface area contributed by atoms with Crippen molar-refractivity contribution >= 4 is 23.2 Å². The Balaban J connectivity index is 1.81. The van der Waals surface area contributed by atoms with E-state index in [9.17, 15) is 9.59 Å². The van der Waals surface area contributed by atoms with Crippen LogP contribution in [0.3, 0.4) is 0 Å². The first kappa shape index (κ1) is 17.0. The van der Waals surface area contributed by atoms with E-state index in [0.29, 0.717) is 22.7 Å². The normalized spacial score (nSPS) is 15.8. The van der Waals surface area contributed by atoms with Crippen molar-refractivity contribution in [2.75, 3.05) is 17.2 Å². The van der Waals surface area contributed by atoms with E-state index < -0.39 is 6.10 Å². The molecule has 6 heteroatoms. The third-order valence-electron chi connectivity index (χ3n) is 3.95. The molecule has 1 heterocycles. The Hall–Kier alpha value is -2.86. The SMILES string of the molecule is CCNCc1cccc(NC(=O)c2cccc3c2OC(C)C(=O)N3)c1. The van der Waals surface area contributed by atoms with Crippen LogP contribution in [0.2, 0.25) is 0 Å². The van der Waals surface area contributed by atoms with Gasteiger partial charge in [-0.2, -0.15) is 0 Å². The van der Waals surface area contributed by atoms with Gasteiger partial charge in [0.25, 0.3) is 11.8 Å². The maximum atomic E-state index is 12.7. The lowest BCUT2D eigenvalue weighted by Gasteiger charge is -2.25. The average Bonchev–Trinajstić information content (AvgIpc) is 2.60. The summed E-state index contributed by atoms with van der Waals surface area (Å²) in [4.78, 5) is 24.4. The molecule has 0 aliphatic carbocycles. The second-order valence-electron chi connectivity index (χ2n) is 5.87. The van der Waals surface area contributed by atoms with Crippen molar-refractivity contribution in [3.05, 3.63) is 53.6 Å². The lowest BCUT2D eigenvalue weighted by molar-refractivity contribution is -0.122. The minimum Gasteiger partial charge on any atom is -0.478 e. The summed E-state index contributed by atoms with van der Waals surface area (Å²) in [6, 6.07) is 12.8. The summed E-state index contributed by atoms with van der Waals surface area (Å²) in [7, 11) is 0. The Bertz CT molecular complexity index is 804. The Morgan fingerprint density at radius 2 is 2.04 bits per heavy atom. The van der Waals surface area contributed by atoms with E-state index in [0.717, 1.165) is 18.7 Å². The van der Waals surface area contributed by atoms with Crippen LogP contribution in [-0.2, 0) is 11.3 Å². The van der Waals surface area contributed by atoms with Crippen molar-refractivity contribution in [2.24, 2.45) is 0 Å². The molecule has 0 aromatic heterocycles. The van der Waals surface area contributed by atoms with Gasteiger partial charge in [0.05, 0.1) is 11.3 Å². The van der Waals surface area contributed by atoms with Crippen LogP contribution >= 0.6 is 0 Å². The lowest BCUT2D eigenvalue weighted by Crippen LogP contribution is -2.35. The number of hydrogen-bond donors (Lipinski definition) is 3. The second kappa shape index (κ2) is 7.36. The largest absolute Gasteiger partial charge is 0.478 e. The van der Waals surface area contributed by atoms with Crippen molar-refractivity contribution < 1.29 is 14.3 Å². The number of amides is 2. The lowest BCUT2D eigenvalue weighted by atomic mass is 10.1. The highest BCUT2D eigenvalue weighted by molar-refractivity contribution is 6.09. The zero-order valence-corrected chi connectivity index (χ0v) is 14.3. The molecule has 1 unspecified atom stereocenters. The maximum Gasteiger partial charge on any atom is 0.265 e. The van der Waals surface area contributed by atoms with Gasteiger partial charge < -0.3 is 20.7 Å². The predicted molar refractivity (Wildman–Crippen MR) is 96.9 cm³/mol. The van der Waals surface area contributed by atoms with Crippen LogP contribution in [0.5, 0.6) is 5.75 Å². The van der Waals surface area contributed by atoms with Gasteiger partial charge in [-0.15, -0.1) is 0 Å². The molecule has 3 N–H and O–H groups in total. The summed E-state index contributed by atoms with van der Waals surface area (Å²) in [5.74, 6) is -0.0992. The number of anilines is 2. The number of carbonyl (C=O) groups is 2. The first-order chi connectivity index (χ1) is 12.1. The minimum absolute atomic E-state index is 0.221. The molecule has 3 rings (SSSR count). The van der Waals surface area contributed by atoms with Crippen molar-refractivity contribution in [1.82, 2.24) is 5.32 Å². The smallest absolute Gasteiger partial charge is 0.265 e. The number of fused-ring (bicyclic) bond motifs is 1. The fraction of sp³-hybridized carbons (Fsp3) is 0.263. The molecule has 1 aliphatic heterocycles. The van der Waals surface area contributed by atoms with E-state index in [1.54, 1.807) is 25.1 Å². The van der Waals surface area contributed by atoms with Gasteiger partial charge in [0, 0.05) is 12.2 Å². The van der Waals surface area contributed by atoms with Crippen LogP contribution in [0, 0.1) is 0 Å². The van der Waals surface area contributed by atoms with E-state index in [-0.39, 0.29) is 11.8 Å². The molecule has 25 heavy (non-hydrogen) atoms. The molecule has 2 amide bonds. The molecular formula is C19H21N3O3. The molecule has 0 spiro atoms. The van der Waals surface area contributed by atoms with Crippen LogP contribution < -0.4 is 20.7 Å². The van der Waals surface area contributed by atoms with Gasteiger partial charge in [-0.05, 0) is 43.3 Å². The predicted octanol–water partition coefficient (Wildman–Crippen LogP) is 2.77. The van der Waals surface area contributed by atoms with E-state index in [1.807, 2.05) is 31.2 Å². The van der Waals surface area contributed by atoms with E-state index in [2.05, 4.69) is 16.0 Å². The number of benzene rings is 2. The highest BCUT2D eigenvalue weighted by Crippen LogP contribution is 2.33. The Morgan fingerprint density at radius 3 is 2.84 bits per heavy atom. The van der Waals surface area contributed by atoms with E-state index in [4.69, 9.17) is 4.74 Å². The first-order valence-corrected chi connectivity index (χ1v) is 8.30. The highest BCUT2D eigenvalue weighted by Gasteiger charge is 2.27. The zero-order chi connectivity index (χ0) is 17.8. The fourth-order valence-corrected chi connectivity index (χ4v) is 2.63. The van der Waals surface area contributed by atoms with Gasteiger partial charge in [-0.3, -0.25) is 9.59 Å². The number of nitrogens with one attached hydrogen (secondary N) is 3. The summed E-state index contributed by atoms with van der Waals surface area (Å²) in [6.07, 6.45) is -0.634. The van der Waals surface area contributed by atoms with Crippen molar-refractivity contribution in [3.8, 4) is 5.75 Å². The molecule has 0 fully saturated rings. The maximum absolute atomic E-state index is 12.7. The molecule has 2 aromatic rings. The number of carbonyl (C=O) groups excluding carboxylic acids is 2. The first-order valence-electron chi connectivity index (χ1n) is 8.30. The van der Waals surface area contributed by atoms with Gasteiger partial charge >= 0.3 is 0 Å². The molecule has 2 aromatic carbocycles. The number of hydrogen-bond acceptors (Lipinski definition) is 4. The summed E-state index contributed by atoms with van der Waals surface area (Å²) >= 11 is 0. The van der Waals surface area contributed by atoms with Crippen molar-refractivity contribution in [3.63, 3.8) is 0 Å². The molecular weight excluding hydrogens is 318 g/mol. The quantitative estimate of drug-likeness (QED) is 0.783. The molecule has 1 aliphatic rings. The van der Waals surface area contributed by atoms with Gasteiger partial charge in [0.2, 0.25) is 0 Å². The monoisotopic (exact) mass is 339 g/mol. The summed E-state index contributed by atoms with van der Waals surface area (Å²) in [5.41, 5.74) is 2.70. The standard InChI is InChI=1S/C19H21N3O3/c1-3-20-11-13-6-4-7-14(10-13)21-19(24)15-8-5-9-16-17(15)25-12(2)18(23)22-16/h4-10,12,20H,3,11H2,1-2H3,(H,21,24)(H,22,23). The molecule has 0 saturated carbocycles. The Morgan fingerprint density at radius 1 is 1.24 bits per heavy atom. The molecule has 130 valence electrons. The molecule has 0 bridgehead atoms. The van der Waals surface area contributed by atoms with Crippen molar-refractivity contribution in [2.45, 2.75) is 26.5 Å². The Labute approximate surface area is 146 Å². The van der Waals surface area contributed by atoms with Crippen LogP contribution in [0.4, 0.5) is 11.4 Å². The third kappa shape index (κ3) is 3.80. The van der Waals surface area contributed by atoms with Crippen LogP contribution in [-0.4, -0.2) is 24.5 Å². The van der Waals surface area contributed by atoms with Crippen LogP contribution in [0.1, 0.15) is 29.8 Å². The van der Waals surface area contributed by atoms with Crippen LogP contribution in [0.25, 0.3) is 0 Å². The zero-order valence-electron chi connectivity index (χ0n) is 14.3. The fourth-order valence-electron chi connectivity index (χ4n) is 2.63. The van der Waals surface area contributed by atoms with E-state index >= 15 is 0 Å². The van der Waals surface area contributed by atoms with Gasteiger partial charge in [-0.25, -0.2) is 0 Å². The van der Waals surface area contributed by atoms with Gasteiger partial charge in [-0.1, -0.05) is 25.1 Å². The van der Waals surface area contributed by atoms with Gasteiger partial charge in [0.15, 0.2) is 11.9 Å². The topological polar surface area (TPSA) is 79.5 Å². The number of para-hydroxylation sites is 1. The number of ether oxygens (including phenoxy) is 1. The van der Waals surface area contributed by atoms with E-state index in [1.165, 1.54) is 0 Å². The Kier molecular flexibility index (Phi) is 5.00. The minimum atomic E-state index is -0.634. The molecule has 6 nitrogen and oxygen atoms in total. The molecule has 0 saturated heterocycles. The summed E-state index contributed by atoms with van der Waals surface area (Å²) in [5, 5.41) is 8.89.